The minimum atomic E-state index is -0.323. The van der Waals surface area contributed by atoms with Gasteiger partial charge in [-0.05, 0) is 13.3 Å². The first kappa shape index (κ1) is 14.2. The highest BCUT2D eigenvalue weighted by atomic mass is 16.5. The normalized spacial score (nSPS) is 9.94. The lowest BCUT2D eigenvalue weighted by Crippen LogP contribution is -2.16. The number of anilines is 2. The lowest BCUT2D eigenvalue weighted by molar-refractivity contribution is -0.138. The van der Waals surface area contributed by atoms with Crippen molar-refractivity contribution in [3.8, 4) is 0 Å². The molecule has 2 N–H and O–H groups in total. The fourth-order valence-electron chi connectivity index (χ4n) is 1.43. The Morgan fingerprint density at radius 3 is 2.50 bits per heavy atom. The van der Waals surface area contributed by atoms with E-state index >= 15 is 0 Å². The number of methoxy groups -OCH3 is 1. The second-order valence-corrected chi connectivity index (χ2v) is 3.76. The molecule has 0 radical (unpaired) electrons. The topological polar surface area (TPSA) is 76.1 Å². The van der Waals surface area contributed by atoms with Crippen molar-refractivity contribution in [2.24, 2.45) is 0 Å². The Kier molecular flexibility index (Phi) is 5.90. The van der Waals surface area contributed by atoms with E-state index in [1.54, 1.807) is 6.07 Å². The maximum absolute atomic E-state index is 11.1. The van der Waals surface area contributed by atoms with Crippen molar-refractivity contribution in [1.29, 1.82) is 0 Å². The van der Waals surface area contributed by atoms with E-state index < -0.39 is 0 Å². The van der Waals surface area contributed by atoms with Crippen LogP contribution in [0.1, 0.15) is 26.1 Å². The van der Waals surface area contributed by atoms with E-state index in [0.717, 1.165) is 31.0 Å². The third kappa shape index (κ3) is 4.57. The number of nitrogens with zero attached hydrogens (tertiary/aromatic N) is 2. The molecule has 0 aromatic carbocycles. The monoisotopic (exact) mass is 252 g/mol. The van der Waals surface area contributed by atoms with E-state index in [4.69, 9.17) is 0 Å². The van der Waals surface area contributed by atoms with Gasteiger partial charge in [0.05, 0.1) is 7.11 Å². The molecule has 0 saturated heterocycles. The van der Waals surface area contributed by atoms with Crippen molar-refractivity contribution in [3.05, 3.63) is 11.9 Å². The molecule has 1 rings (SSSR count). The Bertz CT molecular complexity index is 371. The molecule has 0 amide bonds. The van der Waals surface area contributed by atoms with Crippen molar-refractivity contribution in [2.75, 3.05) is 30.8 Å². The number of aromatic nitrogens is 2. The Morgan fingerprint density at radius 2 is 1.94 bits per heavy atom. The smallest absolute Gasteiger partial charge is 0.325 e. The molecule has 0 aliphatic heterocycles. The molecular formula is C12H20N4O2. The van der Waals surface area contributed by atoms with Crippen LogP contribution in [-0.4, -0.2) is 36.1 Å². The summed E-state index contributed by atoms with van der Waals surface area (Å²) >= 11 is 0. The number of carbonyl (C=O) groups excluding carboxylic acids is 1. The van der Waals surface area contributed by atoms with Gasteiger partial charge in [-0.1, -0.05) is 6.92 Å². The molecule has 6 heteroatoms. The third-order valence-electron chi connectivity index (χ3n) is 2.25. The van der Waals surface area contributed by atoms with Crippen LogP contribution in [0.25, 0.3) is 0 Å². The van der Waals surface area contributed by atoms with Crippen molar-refractivity contribution >= 4 is 17.6 Å². The molecule has 18 heavy (non-hydrogen) atoms. The van der Waals surface area contributed by atoms with E-state index in [9.17, 15) is 4.79 Å². The average Bonchev–Trinajstić information content (AvgIpc) is 2.36. The molecule has 0 unspecified atom stereocenters. The summed E-state index contributed by atoms with van der Waals surface area (Å²) in [6.45, 7) is 4.97. The van der Waals surface area contributed by atoms with Crippen LogP contribution < -0.4 is 10.6 Å². The zero-order chi connectivity index (χ0) is 13.4. The number of carbonyl (C=O) groups is 1. The Hall–Kier alpha value is -1.85. The summed E-state index contributed by atoms with van der Waals surface area (Å²) in [6.07, 6.45) is 1.79. The molecule has 0 spiro atoms. The van der Waals surface area contributed by atoms with Gasteiger partial charge in [-0.2, -0.15) is 0 Å². The van der Waals surface area contributed by atoms with E-state index in [1.807, 2.05) is 6.92 Å². The SMILES string of the molecule is CCCc1nc(NCC)cc(NCC(=O)OC)n1. The van der Waals surface area contributed by atoms with Crippen LogP contribution in [0.2, 0.25) is 0 Å². The average molecular weight is 252 g/mol. The summed E-state index contributed by atoms with van der Waals surface area (Å²) in [6, 6.07) is 1.78. The standard InChI is InChI=1S/C12H20N4O2/c1-4-6-9-15-10(13-5-2)7-11(16-9)14-8-12(17)18-3/h7H,4-6,8H2,1-3H3,(H2,13,14,15,16). The molecule has 0 fully saturated rings. The molecule has 0 aliphatic rings. The second-order valence-electron chi connectivity index (χ2n) is 3.76. The van der Waals surface area contributed by atoms with Crippen molar-refractivity contribution < 1.29 is 9.53 Å². The lowest BCUT2D eigenvalue weighted by Gasteiger charge is -2.09. The van der Waals surface area contributed by atoms with Gasteiger partial charge in [-0.3, -0.25) is 4.79 Å². The van der Waals surface area contributed by atoms with Crippen LogP contribution in [-0.2, 0) is 16.0 Å². The zero-order valence-electron chi connectivity index (χ0n) is 11.1. The quantitative estimate of drug-likeness (QED) is 0.715. The minimum Gasteiger partial charge on any atom is -0.468 e. The van der Waals surface area contributed by atoms with E-state index in [0.29, 0.717) is 5.82 Å². The first-order chi connectivity index (χ1) is 8.69. The highest BCUT2D eigenvalue weighted by Crippen LogP contribution is 2.12. The fraction of sp³-hybridized carbons (Fsp3) is 0.583. The summed E-state index contributed by atoms with van der Waals surface area (Å²) in [4.78, 5) is 19.8. The Morgan fingerprint density at radius 1 is 1.28 bits per heavy atom. The maximum atomic E-state index is 11.1. The van der Waals surface area contributed by atoms with Gasteiger partial charge in [0.2, 0.25) is 0 Å². The molecule has 0 aliphatic carbocycles. The molecule has 6 nitrogen and oxygen atoms in total. The maximum Gasteiger partial charge on any atom is 0.325 e. The summed E-state index contributed by atoms with van der Waals surface area (Å²) in [5, 5.41) is 6.07. The molecule has 100 valence electrons. The molecule has 0 saturated carbocycles. The summed E-state index contributed by atoms with van der Waals surface area (Å²) < 4.78 is 4.57. The Balaban J connectivity index is 2.78. The van der Waals surface area contributed by atoms with Crippen LogP contribution in [0, 0.1) is 0 Å². The van der Waals surface area contributed by atoms with Crippen LogP contribution in [0.4, 0.5) is 11.6 Å². The Labute approximate surface area is 107 Å². The van der Waals surface area contributed by atoms with Gasteiger partial charge >= 0.3 is 5.97 Å². The summed E-state index contributed by atoms with van der Waals surface area (Å²) in [5.41, 5.74) is 0. The van der Waals surface area contributed by atoms with E-state index in [2.05, 4.69) is 32.3 Å². The number of rotatable bonds is 7. The minimum absolute atomic E-state index is 0.102. The molecule has 1 heterocycles. The first-order valence-electron chi connectivity index (χ1n) is 6.12. The highest BCUT2D eigenvalue weighted by molar-refractivity contribution is 5.74. The van der Waals surface area contributed by atoms with Gasteiger partial charge in [-0.15, -0.1) is 0 Å². The van der Waals surface area contributed by atoms with Crippen molar-refractivity contribution in [2.45, 2.75) is 26.7 Å². The fourth-order valence-corrected chi connectivity index (χ4v) is 1.43. The van der Waals surface area contributed by atoms with E-state index in [1.165, 1.54) is 7.11 Å². The second kappa shape index (κ2) is 7.47. The van der Waals surface area contributed by atoms with Gasteiger partial charge in [-0.25, -0.2) is 9.97 Å². The number of esters is 1. The first-order valence-corrected chi connectivity index (χ1v) is 6.12. The third-order valence-corrected chi connectivity index (χ3v) is 2.25. The molecule has 0 bridgehead atoms. The predicted molar refractivity (Wildman–Crippen MR) is 70.7 cm³/mol. The van der Waals surface area contributed by atoms with Crippen LogP contribution in [0.15, 0.2) is 6.07 Å². The lowest BCUT2D eigenvalue weighted by atomic mass is 10.3. The van der Waals surface area contributed by atoms with Gasteiger partial charge < -0.3 is 15.4 Å². The van der Waals surface area contributed by atoms with Crippen molar-refractivity contribution in [1.82, 2.24) is 9.97 Å². The zero-order valence-corrected chi connectivity index (χ0v) is 11.1. The summed E-state index contributed by atoms with van der Waals surface area (Å²) in [7, 11) is 1.36. The number of aryl methyl sites for hydroxylation is 1. The number of hydrogen-bond acceptors (Lipinski definition) is 6. The molecular weight excluding hydrogens is 232 g/mol. The van der Waals surface area contributed by atoms with Gasteiger partial charge in [0.15, 0.2) is 0 Å². The molecule has 1 aromatic heterocycles. The van der Waals surface area contributed by atoms with Crippen molar-refractivity contribution in [3.63, 3.8) is 0 Å². The van der Waals surface area contributed by atoms with Gasteiger partial charge in [0, 0.05) is 19.0 Å². The van der Waals surface area contributed by atoms with Crippen LogP contribution >= 0.6 is 0 Å². The summed E-state index contributed by atoms with van der Waals surface area (Å²) in [5.74, 6) is 1.84. The number of nitrogens with one attached hydrogen (secondary N) is 2. The van der Waals surface area contributed by atoms with Crippen LogP contribution in [0.3, 0.4) is 0 Å². The van der Waals surface area contributed by atoms with Gasteiger partial charge in [0.1, 0.15) is 24.0 Å². The largest absolute Gasteiger partial charge is 0.468 e. The van der Waals surface area contributed by atoms with Crippen LogP contribution in [0.5, 0.6) is 0 Å². The molecule has 1 aromatic rings. The highest BCUT2D eigenvalue weighted by Gasteiger charge is 2.05. The van der Waals surface area contributed by atoms with E-state index in [-0.39, 0.29) is 12.5 Å². The number of hydrogen-bond donors (Lipinski definition) is 2. The predicted octanol–water partition coefficient (Wildman–Crippen LogP) is 1.45. The van der Waals surface area contributed by atoms with Gasteiger partial charge in [0.25, 0.3) is 0 Å². The molecule has 0 atom stereocenters. The number of ether oxygens (including phenoxy) is 1.